The third-order valence-electron chi connectivity index (χ3n) is 5.78. The maximum Gasteiger partial charge on any atom is 0.410 e. The molecule has 0 bridgehead atoms. The zero-order valence-electron chi connectivity index (χ0n) is 16.4. The highest BCUT2D eigenvalue weighted by molar-refractivity contribution is 5.68. The van der Waals surface area contributed by atoms with E-state index in [0.717, 1.165) is 45.3 Å². The Labute approximate surface area is 161 Å². The van der Waals surface area contributed by atoms with Crippen LogP contribution in [0.2, 0.25) is 0 Å². The molecule has 6 heteroatoms. The molecule has 3 rings (SSSR count). The van der Waals surface area contributed by atoms with Gasteiger partial charge >= 0.3 is 6.09 Å². The summed E-state index contributed by atoms with van der Waals surface area (Å²) in [5, 5.41) is 3.45. The number of carbonyl (C=O) groups excluding carboxylic acids is 1. The molecular formula is C21H31N3O3. The van der Waals surface area contributed by atoms with Gasteiger partial charge in [-0.1, -0.05) is 25.6 Å². The Morgan fingerprint density at radius 2 is 2.19 bits per heavy atom. The molecule has 2 fully saturated rings. The summed E-state index contributed by atoms with van der Waals surface area (Å²) >= 11 is 0. The van der Waals surface area contributed by atoms with Crippen LogP contribution in [-0.4, -0.2) is 55.4 Å². The molecule has 1 aliphatic heterocycles. The van der Waals surface area contributed by atoms with Gasteiger partial charge in [0.1, 0.15) is 6.61 Å². The van der Waals surface area contributed by atoms with Crippen LogP contribution in [0.3, 0.4) is 0 Å². The van der Waals surface area contributed by atoms with E-state index < -0.39 is 0 Å². The van der Waals surface area contributed by atoms with Crippen LogP contribution in [0.15, 0.2) is 31.0 Å². The van der Waals surface area contributed by atoms with E-state index in [1.807, 2.05) is 17.2 Å². The third kappa shape index (κ3) is 5.01. The quantitative estimate of drug-likeness (QED) is 0.710. The predicted molar refractivity (Wildman–Crippen MR) is 105 cm³/mol. The fourth-order valence-corrected chi connectivity index (χ4v) is 4.05. The minimum atomic E-state index is -0.213. The van der Waals surface area contributed by atoms with Crippen molar-refractivity contribution >= 4 is 6.09 Å². The molecule has 1 N–H and O–H groups in total. The van der Waals surface area contributed by atoms with E-state index in [2.05, 4.69) is 29.9 Å². The molecule has 0 aromatic carbocycles. The van der Waals surface area contributed by atoms with Gasteiger partial charge in [0.05, 0.1) is 7.11 Å². The second-order valence-corrected chi connectivity index (χ2v) is 7.91. The molecule has 1 saturated carbocycles. The van der Waals surface area contributed by atoms with Crippen molar-refractivity contribution in [3.05, 3.63) is 36.5 Å². The van der Waals surface area contributed by atoms with Gasteiger partial charge in [-0.3, -0.25) is 0 Å². The second kappa shape index (κ2) is 8.74. The average Bonchev–Trinajstić information content (AvgIpc) is 3.42. The monoisotopic (exact) mass is 373 g/mol. The maximum atomic E-state index is 12.7. The molecule has 1 amide bonds. The van der Waals surface area contributed by atoms with Gasteiger partial charge in [-0.15, -0.1) is 0 Å². The molecule has 148 valence electrons. The first kappa shape index (κ1) is 19.7. The number of nitrogens with zero attached hydrogens (tertiary/aromatic N) is 2. The zero-order chi connectivity index (χ0) is 19.3. The molecule has 6 nitrogen and oxygen atoms in total. The molecule has 0 radical (unpaired) electrons. The molecule has 0 unspecified atom stereocenters. The zero-order valence-corrected chi connectivity index (χ0v) is 16.4. The number of rotatable bonds is 8. The highest BCUT2D eigenvalue weighted by Gasteiger charge is 2.45. The topological polar surface area (TPSA) is 63.7 Å². The first-order chi connectivity index (χ1) is 13.1. The number of piperidine rings is 1. The van der Waals surface area contributed by atoms with Crippen LogP contribution in [0, 0.1) is 11.3 Å². The molecule has 2 atom stereocenters. The molecule has 1 saturated heterocycles. The average molecular weight is 373 g/mol. The van der Waals surface area contributed by atoms with Gasteiger partial charge < -0.3 is 19.7 Å². The summed E-state index contributed by atoms with van der Waals surface area (Å²) in [4.78, 5) is 19.0. The summed E-state index contributed by atoms with van der Waals surface area (Å²) in [6, 6.07) is 4.28. The van der Waals surface area contributed by atoms with Gasteiger partial charge in [0.2, 0.25) is 5.88 Å². The Bertz CT molecular complexity index is 641. The van der Waals surface area contributed by atoms with E-state index in [1.54, 1.807) is 13.2 Å². The van der Waals surface area contributed by atoms with Crippen molar-refractivity contribution in [3.63, 3.8) is 0 Å². The Morgan fingerprint density at radius 3 is 2.74 bits per heavy atom. The van der Waals surface area contributed by atoms with E-state index in [9.17, 15) is 4.79 Å². The largest absolute Gasteiger partial charge is 0.481 e. The lowest BCUT2D eigenvalue weighted by Gasteiger charge is -2.41. The fourth-order valence-electron chi connectivity index (χ4n) is 4.05. The van der Waals surface area contributed by atoms with Crippen molar-refractivity contribution in [2.75, 3.05) is 33.4 Å². The summed E-state index contributed by atoms with van der Waals surface area (Å²) in [7, 11) is 1.62. The van der Waals surface area contributed by atoms with Gasteiger partial charge in [-0.2, -0.15) is 0 Å². The maximum absolute atomic E-state index is 12.7. The van der Waals surface area contributed by atoms with Gasteiger partial charge in [0.15, 0.2) is 0 Å². The molecule has 1 aliphatic carbocycles. The molecule has 2 heterocycles. The summed E-state index contributed by atoms with van der Waals surface area (Å²) < 4.78 is 10.6. The SMILES string of the molecule is C=CCOC(=O)N(CC1(Cc2ccc(OC)nc2)CCNCC1)[C@@H]1C[C@H]1C. The molecule has 2 aliphatic rings. The van der Waals surface area contributed by atoms with E-state index in [1.165, 1.54) is 5.56 Å². The smallest absolute Gasteiger partial charge is 0.410 e. The summed E-state index contributed by atoms with van der Waals surface area (Å²) in [6.45, 7) is 8.77. The first-order valence-corrected chi connectivity index (χ1v) is 9.81. The number of pyridine rings is 1. The minimum Gasteiger partial charge on any atom is -0.481 e. The number of carbonyl (C=O) groups is 1. The van der Waals surface area contributed by atoms with Crippen LogP contribution in [-0.2, 0) is 11.2 Å². The summed E-state index contributed by atoms with van der Waals surface area (Å²) in [6.07, 6.45) is 7.32. The van der Waals surface area contributed by atoms with E-state index in [4.69, 9.17) is 9.47 Å². The van der Waals surface area contributed by atoms with Crippen molar-refractivity contribution in [2.24, 2.45) is 11.3 Å². The van der Waals surface area contributed by atoms with Crippen LogP contribution >= 0.6 is 0 Å². The van der Waals surface area contributed by atoms with Crippen molar-refractivity contribution in [1.29, 1.82) is 0 Å². The lowest BCUT2D eigenvalue weighted by atomic mass is 9.74. The number of methoxy groups -OCH3 is 1. The van der Waals surface area contributed by atoms with Crippen LogP contribution in [0.5, 0.6) is 5.88 Å². The van der Waals surface area contributed by atoms with E-state index in [-0.39, 0.29) is 18.1 Å². The van der Waals surface area contributed by atoms with E-state index in [0.29, 0.717) is 17.8 Å². The lowest BCUT2D eigenvalue weighted by Crippen LogP contribution is -2.49. The van der Waals surface area contributed by atoms with Gasteiger partial charge in [0.25, 0.3) is 0 Å². The standard InChI is InChI=1S/C21H31N3O3/c1-4-11-27-20(25)24(18-12-16(18)2)15-21(7-9-22-10-8-21)13-17-5-6-19(26-3)23-14-17/h4-6,14,16,18,22H,1,7-13,15H2,2-3H3/t16-,18-/m1/s1. The number of amides is 1. The van der Waals surface area contributed by atoms with Crippen molar-refractivity contribution < 1.29 is 14.3 Å². The van der Waals surface area contributed by atoms with Crippen LogP contribution < -0.4 is 10.1 Å². The van der Waals surface area contributed by atoms with Crippen LogP contribution in [0.25, 0.3) is 0 Å². The third-order valence-corrected chi connectivity index (χ3v) is 5.78. The normalized spacial score (nSPS) is 23.3. The molecule has 1 aromatic rings. The molecular weight excluding hydrogens is 342 g/mol. The van der Waals surface area contributed by atoms with Gasteiger partial charge in [-0.05, 0) is 55.7 Å². The number of hydrogen-bond acceptors (Lipinski definition) is 5. The lowest BCUT2D eigenvalue weighted by molar-refractivity contribution is 0.0694. The van der Waals surface area contributed by atoms with Gasteiger partial charge in [-0.25, -0.2) is 9.78 Å². The molecule has 1 aromatic heterocycles. The number of nitrogens with one attached hydrogen (secondary N) is 1. The van der Waals surface area contributed by atoms with Crippen molar-refractivity contribution in [2.45, 2.75) is 38.6 Å². The van der Waals surface area contributed by atoms with Crippen molar-refractivity contribution in [3.8, 4) is 5.88 Å². The minimum absolute atomic E-state index is 0.0387. The predicted octanol–water partition coefficient (Wildman–Crippen LogP) is 3.04. The van der Waals surface area contributed by atoms with Crippen LogP contribution in [0.4, 0.5) is 4.79 Å². The fraction of sp³-hybridized carbons (Fsp3) is 0.619. The Morgan fingerprint density at radius 1 is 1.44 bits per heavy atom. The molecule has 27 heavy (non-hydrogen) atoms. The first-order valence-electron chi connectivity index (χ1n) is 9.81. The number of aromatic nitrogens is 1. The molecule has 0 spiro atoms. The van der Waals surface area contributed by atoms with Crippen molar-refractivity contribution in [1.82, 2.24) is 15.2 Å². The Balaban J connectivity index is 1.76. The highest BCUT2D eigenvalue weighted by Crippen LogP contribution is 2.41. The summed E-state index contributed by atoms with van der Waals surface area (Å²) in [5.41, 5.74) is 1.22. The Kier molecular flexibility index (Phi) is 6.37. The van der Waals surface area contributed by atoms with E-state index >= 15 is 0 Å². The number of ether oxygens (including phenoxy) is 2. The second-order valence-electron chi connectivity index (χ2n) is 7.91. The highest BCUT2D eigenvalue weighted by atomic mass is 16.6. The van der Waals surface area contributed by atoms with Gasteiger partial charge in [0, 0.05) is 24.8 Å². The Hall–Kier alpha value is -2.08. The number of hydrogen-bond donors (Lipinski definition) is 1. The summed E-state index contributed by atoms with van der Waals surface area (Å²) in [5.74, 6) is 1.17. The van der Waals surface area contributed by atoms with Crippen LogP contribution in [0.1, 0.15) is 31.7 Å².